The van der Waals surface area contributed by atoms with E-state index in [1.807, 2.05) is 12.1 Å². The molecule has 1 heterocycles. The normalized spacial score (nSPS) is 15.3. The van der Waals surface area contributed by atoms with Gasteiger partial charge in [0.2, 0.25) is 0 Å². The van der Waals surface area contributed by atoms with Crippen LogP contribution >= 0.6 is 0 Å². The summed E-state index contributed by atoms with van der Waals surface area (Å²) < 4.78 is 21.6. The minimum absolute atomic E-state index is 0.285. The summed E-state index contributed by atoms with van der Waals surface area (Å²) in [5.74, 6) is 8.33. The molecule has 20 heavy (non-hydrogen) atoms. The lowest BCUT2D eigenvalue weighted by Crippen LogP contribution is -2.30. The first-order valence-corrected chi connectivity index (χ1v) is 6.34. The molecule has 6 nitrogen and oxygen atoms in total. The molecule has 1 aliphatic heterocycles. The van der Waals surface area contributed by atoms with E-state index in [0.29, 0.717) is 23.9 Å². The predicted molar refractivity (Wildman–Crippen MR) is 74.8 cm³/mol. The largest absolute Gasteiger partial charge is 0.496 e. The number of benzene rings is 1. The molecule has 0 saturated heterocycles. The number of hydrogen-bond acceptors (Lipinski definition) is 6. The Balaban J connectivity index is 2.47. The van der Waals surface area contributed by atoms with E-state index >= 15 is 0 Å². The number of hydrogen-bond donors (Lipinski definition) is 2. The Kier molecular flexibility index (Phi) is 4.70. The number of rotatable bonds is 6. The molecule has 3 N–H and O–H groups in total. The molecule has 0 aromatic heterocycles. The molecule has 0 radical (unpaired) electrons. The van der Waals surface area contributed by atoms with E-state index in [2.05, 4.69) is 5.43 Å². The van der Waals surface area contributed by atoms with E-state index < -0.39 is 0 Å². The van der Waals surface area contributed by atoms with Gasteiger partial charge in [-0.2, -0.15) is 0 Å². The second-order valence-corrected chi connectivity index (χ2v) is 4.29. The highest BCUT2D eigenvalue weighted by Gasteiger charge is 2.25. The first-order valence-electron chi connectivity index (χ1n) is 6.34. The summed E-state index contributed by atoms with van der Waals surface area (Å²) in [4.78, 5) is 0. The van der Waals surface area contributed by atoms with Crippen molar-refractivity contribution < 1.29 is 18.9 Å². The third kappa shape index (κ3) is 2.66. The Morgan fingerprint density at radius 3 is 2.25 bits per heavy atom. The molecule has 0 saturated carbocycles. The molecular weight excluding hydrogens is 260 g/mol. The molecule has 0 amide bonds. The van der Waals surface area contributed by atoms with Gasteiger partial charge in [0.25, 0.3) is 0 Å². The predicted octanol–water partition coefficient (Wildman–Crippen LogP) is 1.52. The van der Waals surface area contributed by atoms with Crippen LogP contribution in [0.1, 0.15) is 18.0 Å². The van der Waals surface area contributed by atoms with Gasteiger partial charge in [0.1, 0.15) is 17.6 Å². The van der Waals surface area contributed by atoms with Gasteiger partial charge in [0.15, 0.2) is 11.5 Å². The standard InChI is InChI=1S/C14H20N2O4/c1-17-11-8-13(19-3)12(18-2)7-9(11)14(16-15)10-5-4-6-20-10/h5,7-8,14,16H,4,6,15H2,1-3H3. The smallest absolute Gasteiger partial charge is 0.164 e. The lowest BCUT2D eigenvalue weighted by atomic mass is 10.0. The molecule has 110 valence electrons. The molecule has 0 spiro atoms. The van der Waals surface area contributed by atoms with Crippen LogP contribution < -0.4 is 25.5 Å². The fourth-order valence-electron chi connectivity index (χ4n) is 2.24. The summed E-state index contributed by atoms with van der Waals surface area (Å²) in [5.41, 5.74) is 3.59. The van der Waals surface area contributed by atoms with Crippen LogP contribution in [0.5, 0.6) is 17.2 Å². The Hall–Kier alpha value is -1.92. The van der Waals surface area contributed by atoms with Crippen molar-refractivity contribution in [1.82, 2.24) is 5.43 Å². The molecule has 0 bridgehead atoms. The second-order valence-electron chi connectivity index (χ2n) is 4.29. The fourth-order valence-corrected chi connectivity index (χ4v) is 2.24. The third-order valence-corrected chi connectivity index (χ3v) is 3.23. The zero-order valence-corrected chi connectivity index (χ0v) is 11.9. The maximum absolute atomic E-state index is 5.67. The topological polar surface area (TPSA) is 75.0 Å². The van der Waals surface area contributed by atoms with Crippen LogP contribution in [0.3, 0.4) is 0 Å². The number of methoxy groups -OCH3 is 3. The highest BCUT2D eigenvalue weighted by Crippen LogP contribution is 2.40. The molecule has 1 aliphatic rings. The SMILES string of the molecule is COc1cc(OC)c(C(NN)C2=CCCO2)cc1OC. The quantitative estimate of drug-likeness (QED) is 0.608. The summed E-state index contributed by atoms with van der Waals surface area (Å²) in [7, 11) is 4.77. The van der Waals surface area contributed by atoms with E-state index in [1.165, 1.54) is 0 Å². The van der Waals surface area contributed by atoms with Crippen molar-refractivity contribution in [2.45, 2.75) is 12.5 Å². The maximum Gasteiger partial charge on any atom is 0.164 e. The molecule has 1 atom stereocenters. The first kappa shape index (κ1) is 14.5. The Morgan fingerprint density at radius 1 is 1.10 bits per heavy atom. The molecule has 1 aromatic carbocycles. The van der Waals surface area contributed by atoms with Gasteiger partial charge in [-0.25, -0.2) is 5.43 Å². The summed E-state index contributed by atoms with van der Waals surface area (Å²) in [6, 6.07) is 3.32. The highest BCUT2D eigenvalue weighted by molar-refractivity contribution is 5.53. The molecule has 1 unspecified atom stereocenters. The highest BCUT2D eigenvalue weighted by atomic mass is 16.5. The number of nitrogens with two attached hydrogens (primary N) is 1. The number of hydrazine groups is 1. The van der Waals surface area contributed by atoms with Gasteiger partial charge in [-0.15, -0.1) is 0 Å². The minimum Gasteiger partial charge on any atom is -0.496 e. The van der Waals surface area contributed by atoms with Gasteiger partial charge in [-0.3, -0.25) is 5.84 Å². The Labute approximate surface area is 118 Å². The lowest BCUT2D eigenvalue weighted by molar-refractivity contribution is 0.214. The van der Waals surface area contributed by atoms with E-state index in [1.54, 1.807) is 27.4 Å². The van der Waals surface area contributed by atoms with Crippen LogP contribution in [0.4, 0.5) is 0 Å². The average molecular weight is 280 g/mol. The number of ether oxygens (including phenoxy) is 4. The zero-order valence-electron chi connectivity index (χ0n) is 11.9. The van der Waals surface area contributed by atoms with E-state index in [-0.39, 0.29) is 6.04 Å². The average Bonchev–Trinajstić information content (AvgIpc) is 3.01. The van der Waals surface area contributed by atoms with Crippen LogP contribution in [0.2, 0.25) is 0 Å². The van der Waals surface area contributed by atoms with Crippen molar-refractivity contribution in [2.75, 3.05) is 27.9 Å². The summed E-state index contributed by atoms with van der Waals surface area (Å²) in [5, 5.41) is 0. The van der Waals surface area contributed by atoms with E-state index in [9.17, 15) is 0 Å². The van der Waals surface area contributed by atoms with Gasteiger partial charge < -0.3 is 18.9 Å². The molecule has 2 rings (SSSR count). The van der Waals surface area contributed by atoms with Crippen molar-refractivity contribution in [3.05, 3.63) is 29.5 Å². The fraction of sp³-hybridized carbons (Fsp3) is 0.429. The van der Waals surface area contributed by atoms with Crippen LogP contribution in [0.25, 0.3) is 0 Å². The first-order chi connectivity index (χ1) is 9.74. The van der Waals surface area contributed by atoms with Gasteiger partial charge in [-0.1, -0.05) is 0 Å². The van der Waals surface area contributed by atoms with Crippen molar-refractivity contribution in [3.8, 4) is 17.2 Å². The van der Waals surface area contributed by atoms with Gasteiger partial charge in [0, 0.05) is 18.1 Å². The summed E-state index contributed by atoms with van der Waals surface area (Å²) >= 11 is 0. The minimum atomic E-state index is -0.285. The Morgan fingerprint density at radius 2 is 1.75 bits per heavy atom. The molecule has 6 heteroatoms. The third-order valence-electron chi connectivity index (χ3n) is 3.23. The van der Waals surface area contributed by atoms with Crippen molar-refractivity contribution in [2.24, 2.45) is 5.84 Å². The van der Waals surface area contributed by atoms with Crippen molar-refractivity contribution >= 4 is 0 Å². The van der Waals surface area contributed by atoms with Crippen LogP contribution in [0, 0.1) is 0 Å². The van der Waals surface area contributed by atoms with Crippen LogP contribution in [-0.2, 0) is 4.74 Å². The van der Waals surface area contributed by atoms with E-state index in [4.69, 9.17) is 24.8 Å². The number of nitrogens with one attached hydrogen (secondary N) is 1. The summed E-state index contributed by atoms with van der Waals surface area (Å²) in [6.45, 7) is 0.670. The Bertz CT molecular complexity index is 502. The molecule has 0 aliphatic carbocycles. The second kappa shape index (κ2) is 6.49. The van der Waals surface area contributed by atoms with Crippen molar-refractivity contribution in [1.29, 1.82) is 0 Å². The zero-order chi connectivity index (χ0) is 14.5. The van der Waals surface area contributed by atoms with Crippen LogP contribution in [-0.4, -0.2) is 27.9 Å². The van der Waals surface area contributed by atoms with Gasteiger partial charge in [0.05, 0.1) is 27.9 Å². The van der Waals surface area contributed by atoms with Crippen LogP contribution in [0.15, 0.2) is 24.0 Å². The van der Waals surface area contributed by atoms with Gasteiger partial charge in [-0.05, 0) is 12.1 Å². The maximum atomic E-state index is 5.67. The lowest BCUT2D eigenvalue weighted by Gasteiger charge is -2.21. The van der Waals surface area contributed by atoms with E-state index in [0.717, 1.165) is 17.7 Å². The van der Waals surface area contributed by atoms with Gasteiger partial charge >= 0.3 is 0 Å². The van der Waals surface area contributed by atoms with Crippen molar-refractivity contribution in [3.63, 3.8) is 0 Å². The molecular formula is C14H20N2O4. The molecule has 1 aromatic rings. The summed E-state index contributed by atoms with van der Waals surface area (Å²) in [6.07, 6.45) is 2.89. The monoisotopic (exact) mass is 280 g/mol. The molecule has 0 fully saturated rings.